The second-order valence-electron chi connectivity index (χ2n) is 4.08. The number of aromatic carboxylic acids is 1. The Morgan fingerprint density at radius 3 is 2.81 bits per heavy atom. The quantitative estimate of drug-likeness (QED) is 0.830. The summed E-state index contributed by atoms with van der Waals surface area (Å²) in [5, 5.41) is 13.1. The molecular weight excluding hydrogens is 302 g/mol. The van der Waals surface area contributed by atoms with Gasteiger partial charge in [0, 0.05) is 29.8 Å². The van der Waals surface area contributed by atoms with Crippen LogP contribution in [0.15, 0.2) is 35.4 Å². The normalized spacial score (nSPS) is 10.9. The van der Waals surface area contributed by atoms with E-state index in [9.17, 15) is 13.6 Å². The molecule has 21 heavy (non-hydrogen) atoms. The lowest BCUT2D eigenvalue weighted by Crippen LogP contribution is -2.08. The van der Waals surface area contributed by atoms with E-state index in [1.54, 1.807) is 19.3 Å². The number of thioether (sulfide) groups is 1. The number of carboxylic acid groups (broad SMARTS) is 1. The summed E-state index contributed by atoms with van der Waals surface area (Å²) in [7, 11) is 1.70. The Morgan fingerprint density at radius 1 is 1.48 bits per heavy atom. The number of alkyl halides is 2. The predicted molar refractivity (Wildman–Crippen MR) is 72.8 cm³/mol. The van der Waals surface area contributed by atoms with Crippen molar-refractivity contribution in [1.82, 2.24) is 9.78 Å². The Kier molecular flexibility index (Phi) is 4.79. The van der Waals surface area contributed by atoms with Gasteiger partial charge in [0.2, 0.25) is 5.88 Å². The molecule has 0 fully saturated rings. The molecule has 2 aromatic rings. The lowest BCUT2D eigenvalue weighted by Gasteiger charge is -2.12. The van der Waals surface area contributed by atoms with Crippen LogP contribution in [0, 0.1) is 0 Å². The van der Waals surface area contributed by atoms with Gasteiger partial charge >= 0.3 is 5.97 Å². The van der Waals surface area contributed by atoms with Crippen molar-refractivity contribution in [2.75, 3.05) is 0 Å². The van der Waals surface area contributed by atoms with E-state index in [1.807, 2.05) is 0 Å². The Morgan fingerprint density at radius 2 is 2.24 bits per heavy atom. The topological polar surface area (TPSA) is 64.3 Å². The highest BCUT2D eigenvalue weighted by Gasteiger charge is 2.18. The molecule has 112 valence electrons. The highest BCUT2D eigenvalue weighted by atomic mass is 32.2. The molecule has 0 saturated heterocycles. The van der Waals surface area contributed by atoms with Crippen molar-refractivity contribution in [3.8, 4) is 5.88 Å². The lowest BCUT2D eigenvalue weighted by atomic mass is 10.1. The van der Waals surface area contributed by atoms with Crippen LogP contribution in [0.4, 0.5) is 8.78 Å². The molecule has 1 N–H and O–H groups in total. The Labute approximate surface area is 123 Å². The van der Waals surface area contributed by atoms with Crippen molar-refractivity contribution < 1.29 is 23.4 Å². The van der Waals surface area contributed by atoms with Crippen molar-refractivity contribution >= 4 is 17.7 Å². The standard InChI is InChI=1S/C13H12F2N2O3S/c1-17-6-5-11(16-17)20-7-9-8(12(18)19)3-2-4-10(9)21-13(14)15/h2-6,13H,7H2,1H3,(H,18,19). The van der Waals surface area contributed by atoms with Crippen LogP contribution in [0.1, 0.15) is 15.9 Å². The average molecular weight is 314 g/mol. The zero-order valence-corrected chi connectivity index (χ0v) is 11.8. The number of hydrogen-bond acceptors (Lipinski definition) is 4. The van der Waals surface area contributed by atoms with E-state index in [2.05, 4.69) is 5.10 Å². The number of carbonyl (C=O) groups is 1. The molecule has 1 aromatic carbocycles. The zero-order valence-electron chi connectivity index (χ0n) is 11.0. The van der Waals surface area contributed by atoms with Crippen LogP contribution in [0.2, 0.25) is 0 Å². The van der Waals surface area contributed by atoms with Crippen molar-refractivity contribution in [2.45, 2.75) is 17.3 Å². The molecule has 0 radical (unpaired) electrons. The van der Waals surface area contributed by atoms with Gasteiger partial charge in [-0.25, -0.2) is 4.79 Å². The van der Waals surface area contributed by atoms with E-state index >= 15 is 0 Å². The highest BCUT2D eigenvalue weighted by molar-refractivity contribution is 7.99. The minimum absolute atomic E-state index is 0.0587. The summed E-state index contributed by atoms with van der Waals surface area (Å²) in [4.78, 5) is 11.4. The maximum absolute atomic E-state index is 12.6. The highest BCUT2D eigenvalue weighted by Crippen LogP contribution is 2.31. The second kappa shape index (κ2) is 6.57. The minimum Gasteiger partial charge on any atom is -0.478 e. The van der Waals surface area contributed by atoms with Crippen LogP contribution in [-0.4, -0.2) is 26.6 Å². The SMILES string of the molecule is Cn1ccc(OCc2c(SC(F)F)cccc2C(=O)O)n1. The van der Waals surface area contributed by atoms with Crippen molar-refractivity contribution in [3.63, 3.8) is 0 Å². The summed E-state index contributed by atoms with van der Waals surface area (Å²) in [5.74, 6) is -3.53. The number of nitrogens with zero attached hydrogens (tertiary/aromatic N) is 2. The number of carboxylic acids is 1. The third kappa shape index (κ3) is 3.94. The molecule has 0 aliphatic rings. The van der Waals surface area contributed by atoms with Crippen LogP contribution in [0.25, 0.3) is 0 Å². The van der Waals surface area contributed by atoms with Gasteiger partial charge in [-0.2, -0.15) is 8.78 Å². The molecular formula is C13H12F2N2O3S. The van der Waals surface area contributed by atoms with E-state index < -0.39 is 11.7 Å². The Bertz CT molecular complexity index is 646. The van der Waals surface area contributed by atoms with E-state index in [0.717, 1.165) is 0 Å². The van der Waals surface area contributed by atoms with Crippen LogP contribution in [-0.2, 0) is 13.7 Å². The molecule has 0 aliphatic carbocycles. The van der Waals surface area contributed by atoms with Gasteiger partial charge in [0.05, 0.1) is 5.56 Å². The zero-order chi connectivity index (χ0) is 15.4. The maximum atomic E-state index is 12.6. The molecule has 8 heteroatoms. The molecule has 0 amide bonds. The smallest absolute Gasteiger partial charge is 0.336 e. The minimum atomic E-state index is -2.64. The molecule has 0 saturated carbocycles. The van der Waals surface area contributed by atoms with Crippen LogP contribution in [0.5, 0.6) is 5.88 Å². The monoisotopic (exact) mass is 314 g/mol. The van der Waals surface area contributed by atoms with Crippen LogP contribution in [0.3, 0.4) is 0 Å². The van der Waals surface area contributed by atoms with Gasteiger partial charge in [-0.15, -0.1) is 5.10 Å². The number of benzene rings is 1. The van der Waals surface area contributed by atoms with Gasteiger partial charge in [-0.1, -0.05) is 17.8 Å². The fourth-order valence-corrected chi connectivity index (χ4v) is 2.40. The average Bonchev–Trinajstić information content (AvgIpc) is 2.82. The summed E-state index contributed by atoms with van der Waals surface area (Å²) in [6, 6.07) is 5.83. The summed E-state index contributed by atoms with van der Waals surface area (Å²) in [5.41, 5.74) is 0.150. The number of rotatable bonds is 6. The van der Waals surface area contributed by atoms with E-state index in [4.69, 9.17) is 9.84 Å². The molecule has 5 nitrogen and oxygen atoms in total. The third-order valence-corrected chi connectivity index (χ3v) is 3.45. The van der Waals surface area contributed by atoms with Gasteiger partial charge in [-0.05, 0) is 12.1 Å². The number of halogens is 2. The fraction of sp³-hybridized carbons (Fsp3) is 0.231. The van der Waals surface area contributed by atoms with Crippen molar-refractivity contribution in [1.29, 1.82) is 0 Å². The molecule has 0 atom stereocenters. The summed E-state index contributed by atoms with van der Waals surface area (Å²) >= 11 is 0.295. The largest absolute Gasteiger partial charge is 0.478 e. The van der Waals surface area contributed by atoms with Gasteiger partial charge < -0.3 is 9.84 Å². The number of aromatic nitrogens is 2. The second-order valence-corrected chi connectivity index (χ2v) is 5.11. The number of aryl methyl sites for hydroxylation is 1. The molecule has 0 bridgehead atoms. The van der Waals surface area contributed by atoms with Gasteiger partial charge in [0.1, 0.15) is 6.61 Å². The van der Waals surface area contributed by atoms with Crippen molar-refractivity contribution in [3.05, 3.63) is 41.6 Å². The molecule has 0 unspecified atom stereocenters. The first-order chi connectivity index (χ1) is 9.97. The van der Waals surface area contributed by atoms with E-state index in [1.165, 1.54) is 22.9 Å². The fourth-order valence-electron chi connectivity index (χ4n) is 1.74. The third-order valence-electron chi connectivity index (χ3n) is 2.63. The van der Waals surface area contributed by atoms with E-state index in [0.29, 0.717) is 17.6 Å². The number of ether oxygens (including phenoxy) is 1. The van der Waals surface area contributed by atoms with Gasteiger partial charge in [-0.3, -0.25) is 4.68 Å². The first-order valence-electron chi connectivity index (χ1n) is 5.90. The predicted octanol–water partition coefficient (Wildman–Crippen LogP) is 3.01. The van der Waals surface area contributed by atoms with E-state index in [-0.39, 0.29) is 22.6 Å². The summed E-state index contributed by atoms with van der Waals surface area (Å²) in [6.45, 7) is -0.144. The van der Waals surface area contributed by atoms with Crippen LogP contribution >= 0.6 is 11.8 Å². The van der Waals surface area contributed by atoms with Gasteiger partial charge in [0.15, 0.2) is 0 Å². The maximum Gasteiger partial charge on any atom is 0.336 e. The summed E-state index contributed by atoms with van der Waals surface area (Å²) < 4.78 is 32.0. The lowest BCUT2D eigenvalue weighted by molar-refractivity contribution is 0.0693. The summed E-state index contributed by atoms with van der Waals surface area (Å²) in [6.07, 6.45) is 1.66. The Hall–Kier alpha value is -2.09. The number of hydrogen-bond donors (Lipinski definition) is 1. The van der Waals surface area contributed by atoms with Crippen LogP contribution < -0.4 is 4.74 Å². The first-order valence-corrected chi connectivity index (χ1v) is 6.78. The molecule has 1 heterocycles. The first kappa shape index (κ1) is 15.3. The van der Waals surface area contributed by atoms with Gasteiger partial charge in [0.25, 0.3) is 5.76 Å². The Balaban J connectivity index is 2.27. The van der Waals surface area contributed by atoms with Crippen molar-refractivity contribution in [2.24, 2.45) is 7.05 Å². The molecule has 2 rings (SSSR count). The molecule has 1 aromatic heterocycles. The molecule has 0 aliphatic heterocycles. The molecule has 0 spiro atoms.